The Morgan fingerprint density at radius 1 is 1.62 bits per heavy atom. The third-order valence-corrected chi connectivity index (χ3v) is 2.01. The topological polar surface area (TPSA) is 79.6 Å². The van der Waals surface area contributed by atoms with Gasteiger partial charge in [0.1, 0.15) is 12.3 Å². The molecule has 5 nitrogen and oxygen atoms in total. The zero-order valence-electron chi connectivity index (χ0n) is 9.57. The lowest BCUT2D eigenvalue weighted by atomic mass is 10.0. The first-order valence-electron chi connectivity index (χ1n) is 5.22. The van der Waals surface area contributed by atoms with Gasteiger partial charge in [0.2, 0.25) is 0 Å². The maximum atomic E-state index is 11.3. The molecule has 2 N–H and O–H groups in total. The van der Waals surface area contributed by atoms with Gasteiger partial charge in [-0.3, -0.25) is 5.41 Å². The highest BCUT2D eigenvalue weighted by atomic mass is 16.5. The second-order valence-corrected chi connectivity index (χ2v) is 3.20. The van der Waals surface area contributed by atoms with Crippen molar-refractivity contribution in [3.05, 3.63) is 12.7 Å². The van der Waals surface area contributed by atoms with Crippen LogP contribution in [0.1, 0.15) is 13.3 Å². The summed E-state index contributed by atoms with van der Waals surface area (Å²) in [6.07, 6.45) is 2.07. The van der Waals surface area contributed by atoms with E-state index < -0.39 is 5.97 Å². The molecule has 0 saturated carbocycles. The number of aliphatic hydroxyl groups is 1. The van der Waals surface area contributed by atoms with Gasteiger partial charge in [0.05, 0.1) is 19.8 Å². The van der Waals surface area contributed by atoms with Gasteiger partial charge in [-0.15, -0.1) is 0 Å². The summed E-state index contributed by atoms with van der Waals surface area (Å²) >= 11 is 0. The zero-order chi connectivity index (χ0) is 12.4. The molecule has 0 aromatic carbocycles. The average molecular weight is 229 g/mol. The van der Waals surface area contributed by atoms with Crippen LogP contribution in [0.3, 0.4) is 0 Å². The minimum absolute atomic E-state index is 0.0648. The first kappa shape index (κ1) is 14.8. The van der Waals surface area contributed by atoms with E-state index in [-0.39, 0.29) is 38.1 Å². The summed E-state index contributed by atoms with van der Waals surface area (Å²) in [4.78, 5) is 11.3. The van der Waals surface area contributed by atoms with Crippen molar-refractivity contribution in [1.29, 1.82) is 5.41 Å². The second kappa shape index (κ2) is 9.06. The lowest BCUT2D eigenvalue weighted by molar-refractivity contribution is -0.134. The Hall–Kier alpha value is -1.20. The van der Waals surface area contributed by atoms with Crippen LogP contribution in [-0.4, -0.2) is 43.2 Å². The van der Waals surface area contributed by atoms with Gasteiger partial charge in [-0.2, -0.15) is 0 Å². The van der Waals surface area contributed by atoms with E-state index >= 15 is 0 Å². The van der Waals surface area contributed by atoms with Gasteiger partial charge in [-0.05, 0) is 6.42 Å². The first-order valence-corrected chi connectivity index (χ1v) is 5.22. The minimum atomic E-state index is -0.639. The predicted octanol–water partition coefficient (Wildman–Crippen LogP) is 0.770. The number of nitrogens with one attached hydrogen (secondary N) is 1. The molecule has 5 heteroatoms. The standard InChI is InChI=1S/C11H19NO4/c1-3-6-16-11(14)10(12)9(4-2)8-15-7-5-13/h3,9,12-13H,1,4-8H2,2H3. The maximum absolute atomic E-state index is 11.3. The lowest BCUT2D eigenvalue weighted by Crippen LogP contribution is -2.28. The SMILES string of the molecule is C=CCOC(=O)C(=N)C(CC)COCCO. The van der Waals surface area contributed by atoms with Crippen LogP contribution < -0.4 is 0 Å². The molecule has 0 spiro atoms. The Bertz CT molecular complexity index is 240. The van der Waals surface area contributed by atoms with E-state index in [9.17, 15) is 4.79 Å². The average Bonchev–Trinajstić information content (AvgIpc) is 2.31. The van der Waals surface area contributed by atoms with Crippen LogP contribution in [0, 0.1) is 11.3 Å². The van der Waals surface area contributed by atoms with Crippen LogP contribution in [0.5, 0.6) is 0 Å². The molecule has 0 bridgehead atoms. The van der Waals surface area contributed by atoms with Crippen LogP contribution in [0.25, 0.3) is 0 Å². The molecule has 0 rings (SSSR count). The van der Waals surface area contributed by atoms with Gasteiger partial charge < -0.3 is 14.6 Å². The summed E-state index contributed by atoms with van der Waals surface area (Å²) in [5.41, 5.74) is -0.0951. The summed E-state index contributed by atoms with van der Waals surface area (Å²) < 4.78 is 9.85. The van der Waals surface area contributed by atoms with Gasteiger partial charge >= 0.3 is 5.97 Å². The van der Waals surface area contributed by atoms with Gasteiger partial charge in [0, 0.05) is 5.92 Å². The fourth-order valence-corrected chi connectivity index (χ4v) is 1.07. The molecule has 0 aromatic heterocycles. The smallest absolute Gasteiger partial charge is 0.352 e. The van der Waals surface area contributed by atoms with Crippen LogP contribution in [-0.2, 0) is 14.3 Å². The quantitative estimate of drug-likeness (QED) is 0.265. The fourth-order valence-electron chi connectivity index (χ4n) is 1.07. The summed E-state index contributed by atoms with van der Waals surface area (Å²) in [6.45, 7) is 5.79. The maximum Gasteiger partial charge on any atom is 0.352 e. The van der Waals surface area contributed by atoms with Crippen molar-refractivity contribution in [2.45, 2.75) is 13.3 Å². The third kappa shape index (κ3) is 5.63. The lowest BCUT2D eigenvalue weighted by Gasteiger charge is -2.14. The summed E-state index contributed by atoms with van der Waals surface area (Å²) in [6, 6.07) is 0. The molecule has 0 aliphatic heterocycles. The first-order chi connectivity index (χ1) is 7.67. The van der Waals surface area contributed by atoms with Crippen LogP contribution in [0.15, 0.2) is 12.7 Å². The number of rotatable bonds is 9. The molecule has 0 aliphatic carbocycles. The Morgan fingerprint density at radius 2 is 2.31 bits per heavy atom. The van der Waals surface area contributed by atoms with Crippen LogP contribution in [0.2, 0.25) is 0 Å². The minimum Gasteiger partial charge on any atom is -0.457 e. The fraction of sp³-hybridized carbons (Fsp3) is 0.636. The Morgan fingerprint density at radius 3 is 2.81 bits per heavy atom. The van der Waals surface area contributed by atoms with E-state index in [2.05, 4.69) is 6.58 Å². The summed E-state index contributed by atoms with van der Waals surface area (Å²) in [5.74, 6) is -0.928. The number of hydrogen-bond acceptors (Lipinski definition) is 5. The monoisotopic (exact) mass is 229 g/mol. The Kier molecular flexibility index (Phi) is 8.38. The highest BCUT2D eigenvalue weighted by Crippen LogP contribution is 2.06. The number of aliphatic hydroxyl groups excluding tert-OH is 1. The van der Waals surface area contributed by atoms with E-state index in [1.165, 1.54) is 6.08 Å². The van der Waals surface area contributed by atoms with Crippen LogP contribution >= 0.6 is 0 Å². The zero-order valence-corrected chi connectivity index (χ0v) is 9.57. The van der Waals surface area contributed by atoms with Crippen molar-refractivity contribution >= 4 is 11.7 Å². The largest absolute Gasteiger partial charge is 0.457 e. The predicted molar refractivity (Wildman–Crippen MR) is 60.6 cm³/mol. The van der Waals surface area contributed by atoms with Crippen molar-refractivity contribution < 1.29 is 19.4 Å². The molecule has 1 unspecified atom stereocenters. The number of carbonyl (C=O) groups excluding carboxylic acids is 1. The number of ether oxygens (including phenoxy) is 2. The van der Waals surface area contributed by atoms with E-state index in [4.69, 9.17) is 20.0 Å². The number of hydrogen-bond donors (Lipinski definition) is 2. The van der Waals surface area contributed by atoms with Crippen molar-refractivity contribution in [3.63, 3.8) is 0 Å². The molecule has 92 valence electrons. The molecular formula is C11H19NO4. The van der Waals surface area contributed by atoms with Gasteiger partial charge in [-0.25, -0.2) is 4.79 Å². The number of esters is 1. The van der Waals surface area contributed by atoms with Gasteiger partial charge in [-0.1, -0.05) is 19.6 Å². The molecule has 0 aromatic rings. The Labute approximate surface area is 95.6 Å². The molecule has 0 fully saturated rings. The van der Waals surface area contributed by atoms with Crippen LogP contribution in [0.4, 0.5) is 0 Å². The summed E-state index contributed by atoms with van der Waals surface area (Å²) in [5, 5.41) is 16.1. The summed E-state index contributed by atoms with van der Waals surface area (Å²) in [7, 11) is 0. The molecular weight excluding hydrogens is 210 g/mol. The van der Waals surface area contributed by atoms with E-state index in [1.807, 2.05) is 6.92 Å². The Balaban J connectivity index is 4.07. The van der Waals surface area contributed by atoms with Crippen molar-refractivity contribution in [2.24, 2.45) is 5.92 Å². The van der Waals surface area contributed by atoms with E-state index in [1.54, 1.807) is 0 Å². The molecule has 0 amide bonds. The highest BCUT2D eigenvalue weighted by Gasteiger charge is 2.20. The molecule has 16 heavy (non-hydrogen) atoms. The molecule has 0 radical (unpaired) electrons. The van der Waals surface area contributed by atoms with Crippen molar-refractivity contribution in [2.75, 3.05) is 26.4 Å². The van der Waals surface area contributed by atoms with Crippen molar-refractivity contribution in [3.8, 4) is 0 Å². The second-order valence-electron chi connectivity index (χ2n) is 3.20. The van der Waals surface area contributed by atoms with E-state index in [0.29, 0.717) is 6.42 Å². The molecule has 0 aliphatic rings. The molecule has 0 saturated heterocycles. The normalized spacial score (nSPS) is 11.9. The molecule has 0 heterocycles. The number of carbonyl (C=O) groups is 1. The molecule has 1 atom stereocenters. The van der Waals surface area contributed by atoms with Gasteiger partial charge in [0.25, 0.3) is 0 Å². The van der Waals surface area contributed by atoms with Gasteiger partial charge in [0.15, 0.2) is 0 Å². The van der Waals surface area contributed by atoms with Crippen molar-refractivity contribution in [1.82, 2.24) is 0 Å². The third-order valence-electron chi connectivity index (χ3n) is 2.01. The highest BCUT2D eigenvalue weighted by molar-refractivity contribution is 6.35. The van der Waals surface area contributed by atoms with E-state index in [0.717, 1.165) is 0 Å².